The van der Waals surface area contributed by atoms with Crippen LogP contribution in [0.4, 0.5) is 4.79 Å². The Morgan fingerprint density at radius 3 is 2.71 bits per heavy atom. The first kappa shape index (κ1) is 18.4. The van der Waals surface area contributed by atoms with Crippen LogP contribution in [-0.4, -0.2) is 37.0 Å². The molecule has 144 valence electrons. The van der Waals surface area contributed by atoms with Gasteiger partial charge >= 0.3 is 6.09 Å². The maximum absolute atomic E-state index is 13.1. The van der Waals surface area contributed by atoms with Crippen molar-refractivity contribution in [2.45, 2.75) is 32.9 Å². The number of hydrogen-bond acceptors (Lipinski definition) is 5. The maximum Gasteiger partial charge on any atom is 0.417 e. The Balaban J connectivity index is 1.84. The van der Waals surface area contributed by atoms with E-state index >= 15 is 0 Å². The summed E-state index contributed by atoms with van der Waals surface area (Å²) in [5, 5.41) is 1.21. The van der Waals surface area contributed by atoms with Crippen molar-refractivity contribution in [1.82, 2.24) is 19.4 Å². The molecule has 8 heteroatoms. The third-order valence-electron chi connectivity index (χ3n) is 4.55. The minimum absolute atomic E-state index is 0.0560. The molecular formula is C20H19ClN4O3. The van der Waals surface area contributed by atoms with E-state index in [2.05, 4.69) is 9.97 Å². The number of carbonyl (C=O) groups is 2. The summed E-state index contributed by atoms with van der Waals surface area (Å²) in [6.07, 6.45) is 4.38. The molecule has 0 bridgehead atoms. The largest absolute Gasteiger partial charge is 0.443 e. The molecule has 4 heterocycles. The Kier molecular flexibility index (Phi) is 4.15. The van der Waals surface area contributed by atoms with Gasteiger partial charge in [0, 0.05) is 42.2 Å². The van der Waals surface area contributed by atoms with Crippen molar-refractivity contribution in [1.29, 1.82) is 0 Å². The van der Waals surface area contributed by atoms with Crippen molar-refractivity contribution in [3.63, 3.8) is 0 Å². The quantitative estimate of drug-likeness (QED) is 0.614. The standard InChI is InChI=1S/C20H19ClN4O3/c1-20(2,3)28-19(27)25-10-13-14(21)9-23-16(15(13)18(25)26)11-5-7-22-17-12(11)6-8-24(17)4/h5-9H,10H2,1-4H3. The van der Waals surface area contributed by atoms with Crippen LogP contribution in [0.5, 0.6) is 0 Å². The molecule has 2 amide bonds. The van der Waals surface area contributed by atoms with Gasteiger partial charge in [0.1, 0.15) is 11.2 Å². The Hall–Kier alpha value is -2.93. The van der Waals surface area contributed by atoms with Gasteiger partial charge in [-0.05, 0) is 32.9 Å². The minimum atomic E-state index is -0.710. The molecule has 0 spiro atoms. The first-order valence-electron chi connectivity index (χ1n) is 8.80. The topological polar surface area (TPSA) is 77.3 Å². The van der Waals surface area contributed by atoms with Gasteiger partial charge in [-0.15, -0.1) is 0 Å². The molecular weight excluding hydrogens is 380 g/mol. The average molecular weight is 399 g/mol. The van der Waals surface area contributed by atoms with Crippen molar-refractivity contribution < 1.29 is 14.3 Å². The lowest BCUT2D eigenvalue weighted by molar-refractivity contribution is 0.0248. The van der Waals surface area contributed by atoms with Crippen LogP contribution >= 0.6 is 11.6 Å². The zero-order chi connectivity index (χ0) is 20.2. The second-order valence-corrected chi connectivity index (χ2v) is 8.11. The zero-order valence-corrected chi connectivity index (χ0v) is 16.7. The number of imide groups is 1. The number of carbonyl (C=O) groups excluding carboxylic acids is 2. The second-order valence-electron chi connectivity index (χ2n) is 7.70. The third kappa shape index (κ3) is 2.92. The van der Waals surface area contributed by atoms with E-state index in [1.54, 1.807) is 27.0 Å². The summed E-state index contributed by atoms with van der Waals surface area (Å²) in [5.41, 5.74) is 2.21. The van der Waals surface area contributed by atoms with E-state index < -0.39 is 17.6 Å². The monoisotopic (exact) mass is 398 g/mol. The highest BCUT2D eigenvalue weighted by Gasteiger charge is 2.39. The first-order valence-corrected chi connectivity index (χ1v) is 9.18. The summed E-state index contributed by atoms with van der Waals surface area (Å²) >= 11 is 6.31. The fourth-order valence-corrected chi connectivity index (χ4v) is 3.52. The van der Waals surface area contributed by atoms with Crippen LogP contribution < -0.4 is 0 Å². The molecule has 0 aliphatic carbocycles. The van der Waals surface area contributed by atoms with E-state index in [0.717, 1.165) is 21.5 Å². The summed E-state index contributed by atoms with van der Waals surface area (Å²) in [6, 6.07) is 3.73. The minimum Gasteiger partial charge on any atom is -0.443 e. The predicted molar refractivity (Wildman–Crippen MR) is 105 cm³/mol. The van der Waals surface area contributed by atoms with E-state index in [1.165, 1.54) is 6.20 Å². The normalized spacial score (nSPS) is 13.9. The molecule has 4 rings (SSSR count). The summed E-state index contributed by atoms with van der Waals surface area (Å²) in [5.74, 6) is -0.463. The molecule has 0 fully saturated rings. The number of halogens is 1. The number of amides is 2. The van der Waals surface area contributed by atoms with Crippen molar-refractivity contribution in [2.75, 3.05) is 0 Å². The Morgan fingerprint density at radius 2 is 2.00 bits per heavy atom. The SMILES string of the molecule is Cn1ccc2c(-c3ncc(Cl)c4c3C(=O)N(C(=O)OC(C)(C)C)C4)ccnc21. The Bertz CT molecular complexity index is 1130. The van der Waals surface area contributed by atoms with Crippen LogP contribution in [0.15, 0.2) is 30.7 Å². The highest BCUT2D eigenvalue weighted by molar-refractivity contribution is 6.32. The number of ether oxygens (including phenoxy) is 1. The number of nitrogens with zero attached hydrogens (tertiary/aromatic N) is 4. The predicted octanol–water partition coefficient (Wildman–Crippen LogP) is 4.18. The number of aryl methyl sites for hydroxylation is 1. The molecule has 0 saturated carbocycles. The van der Waals surface area contributed by atoms with Crippen LogP contribution in [0, 0.1) is 0 Å². The second kappa shape index (κ2) is 6.31. The van der Waals surface area contributed by atoms with Gasteiger partial charge in [0.05, 0.1) is 22.8 Å². The lowest BCUT2D eigenvalue weighted by atomic mass is 10.0. The molecule has 3 aromatic rings. The van der Waals surface area contributed by atoms with E-state index in [9.17, 15) is 9.59 Å². The van der Waals surface area contributed by atoms with Crippen molar-refractivity contribution in [3.8, 4) is 11.3 Å². The van der Waals surface area contributed by atoms with Crippen LogP contribution in [0.25, 0.3) is 22.3 Å². The molecule has 0 N–H and O–H groups in total. The van der Waals surface area contributed by atoms with Gasteiger partial charge in [-0.1, -0.05) is 11.6 Å². The fourth-order valence-electron chi connectivity index (χ4n) is 3.32. The summed E-state index contributed by atoms with van der Waals surface area (Å²) in [7, 11) is 1.90. The lowest BCUT2D eigenvalue weighted by Crippen LogP contribution is -2.37. The number of hydrogen-bond donors (Lipinski definition) is 0. The molecule has 1 aliphatic heterocycles. The number of aromatic nitrogens is 3. The summed E-state index contributed by atoms with van der Waals surface area (Å²) < 4.78 is 7.26. The van der Waals surface area contributed by atoms with Crippen LogP contribution in [-0.2, 0) is 18.3 Å². The van der Waals surface area contributed by atoms with Crippen molar-refractivity contribution in [3.05, 3.63) is 46.9 Å². The van der Waals surface area contributed by atoms with E-state index in [1.807, 2.05) is 29.9 Å². The molecule has 3 aromatic heterocycles. The fraction of sp³-hybridized carbons (Fsp3) is 0.300. The van der Waals surface area contributed by atoms with Gasteiger partial charge in [0.2, 0.25) is 0 Å². The number of pyridine rings is 2. The van der Waals surface area contributed by atoms with Gasteiger partial charge < -0.3 is 9.30 Å². The number of rotatable bonds is 1. The molecule has 0 atom stereocenters. The molecule has 0 unspecified atom stereocenters. The Morgan fingerprint density at radius 1 is 1.25 bits per heavy atom. The van der Waals surface area contributed by atoms with Crippen LogP contribution in [0.3, 0.4) is 0 Å². The van der Waals surface area contributed by atoms with Gasteiger partial charge in [0.25, 0.3) is 5.91 Å². The van der Waals surface area contributed by atoms with Crippen LogP contribution in [0.2, 0.25) is 5.02 Å². The molecule has 0 saturated heterocycles. The highest BCUT2D eigenvalue weighted by Crippen LogP contribution is 2.38. The molecule has 0 radical (unpaired) electrons. The summed E-state index contributed by atoms with van der Waals surface area (Å²) in [4.78, 5) is 35.5. The molecule has 0 aromatic carbocycles. The van der Waals surface area contributed by atoms with E-state index in [4.69, 9.17) is 16.3 Å². The first-order chi connectivity index (χ1) is 13.2. The molecule has 28 heavy (non-hydrogen) atoms. The third-order valence-corrected chi connectivity index (χ3v) is 4.87. The van der Waals surface area contributed by atoms with Gasteiger partial charge in [-0.25, -0.2) is 14.7 Å². The maximum atomic E-state index is 13.1. The zero-order valence-electron chi connectivity index (χ0n) is 16.0. The van der Waals surface area contributed by atoms with Gasteiger partial charge in [-0.3, -0.25) is 9.78 Å². The van der Waals surface area contributed by atoms with Crippen molar-refractivity contribution >= 4 is 34.6 Å². The molecule has 1 aliphatic rings. The lowest BCUT2D eigenvalue weighted by Gasteiger charge is -2.23. The smallest absolute Gasteiger partial charge is 0.417 e. The van der Waals surface area contributed by atoms with Gasteiger partial charge in [-0.2, -0.15) is 0 Å². The molecule has 7 nitrogen and oxygen atoms in total. The highest BCUT2D eigenvalue weighted by atomic mass is 35.5. The van der Waals surface area contributed by atoms with Crippen LogP contribution in [0.1, 0.15) is 36.7 Å². The van der Waals surface area contributed by atoms with E-state index in [0.29, 0.717) is 21.8 Å². The average Bonchev–Trinajstić information content (AvgIpc) is 3.16. The van der Waals surface area contributed by atoms with E-state index in [-0.39, 0.29) is 6.54 Å². The number of fused-ring (bicyclic) bond motifs is 2. The Labute approximate surface area is 166 Å². The summed E-state index contributed by atoms with van der Waals surface area (Å²) in [6.45, 7) is 5.31. The van der Waals surface area contributed by atoms with Crippen molar-refractivity contribution in [2.24, 2.45) is 7.05 Å². The van der Waals surface area contributed by atoms with Gasteiger partial charge in [0.15, 0.2) is 0 Å².